The summed E-state index contributed by atoms with van der Waals surface area (Å²) in [6.45, 7) is 5.66. The van der Waals surface area contributed by atoms with E-state index in [-0.39, 0.29) is 12.0 Å². The third kappa shape index (κ3) is 7.06. The minimum absolute atomic E-state index is 0.0411. The molecule has 0 aromatic carbocycles. The highest BCUT2D eigenvalue weighted by molar-refractivity contribution is 5.77. The SMILES string of the molecule is C=CCC(=O)NCCC(C)O. The fourth-order valence-electron chi connectivity index (χ4n) is 0.624. The normalized spacial score (nSPS) is 12.2. The molecule has 1 atom stereocenters. The topological polar surface area (TPSA) is 49.3 Å². The van der Waals surface area contributed by atoms with E-state index in [1.165, 1.54) is 0 Å². The van der Waals surface area contributed by atoms with E-state index in [0.717, 1.165) is 0 Å². The average Bonchev–Trinajstić information content (AvgIpc) is 1.87. The Morgan fingerprint density at radius 3 is 2.91 bits per heavy atom. The zero-order valence-corrected chi connectivity index (χ0v) is 6.84. The predicted octanol–water partition coefficient (Wildman–Crippen LogP) is 0.450. The number of aliphatic hydroxyl groups is 1. The first-order valence-corrected chi connectivity index (χ1v) is 3.72. The quantitative estimate of drug-likeness (QED) is 0.569. The van der Waals surface area contributed by atoms with Crippen molar-refractivity contribution in [2.24, 2.45) is 0 Å². The van der Waals surface area contributed by atoms with Crippen LogP contribution >= 0.6 is 0 Å². The molecule has 0 rings (SSSR count). The third-order valence-corrected chi connectivity index (χ3v) is 1.21. The van der Waals surface area contributed by atoms with Gasteiger partial charge in [-0.05, 0) is 13.3 Å². The maximum absolute atomic E-state index is 10.8. The molecule has 1 unspecified atom stereocenters. The number of carbonyl (C=O) groups is 1. The van der Waals surface area contributed by atoms with Crippen molar-refractivity contribution in [3.05, 3.63) is 12.7 Å². The lowest BCUT2D eigenvalue weighted by Crippen LogP contribution is -2.25. The van der Waals surface area contributed by atoms with E-state index >= 15 is 0 Å². The number of aliphatic hydroxyl groups excluding tert-OH is 1. The Balaban J connectivity index is 3.24. The first-order valence-electron chi connectivity index (χ1n) is 3.72. The minimum atomic E-state index is -0.348. The van der Waals surface area contributed by atoms with Crippen LogP contribution in [0.1, 0.15) is 19.8 Å². The average molecular weight is 157 g/mol. The van der Waals surface area contributed by atoms with Gasteiger partial charge in [0.05, 0.1) is 6.10 Å². The Morgan fingerprint density at radius 1 is 1.82 bits per heavy atom. The molecule has 11 heavy (non-hydrogen) atoms. The molecule has 2 N–H and O–H groups in total. The van der Waals surface area contributed by atoms with Crippen LogP contribution in [-0.4, -0.2) is 23.7 Å². The first-order chi connectivity index (χ1) is 5.16. The summed E-state index contributed by atoms with van der Waals surface area (Å²) in [6, 6.07) is 0. The van der Waals surface area contributed by atoms with Crippen LogP contribution < -0.4 is 5.32 Å². The summed E-state index contributed by atoms with van der Waals surface area (Å²) in [5.41, 5.74) is 0. The van der Waals surface area contributed by atoms with Crippen molar-refractivity contribution in [2.75, 3.05) is 6.54 Å². The summed E-state index contributed by atoms with van der Waals surface area (Å²) >= 11 is 0. The monoisotopic (exact) mass is 157 g/mol. The fourth-order valence-corrected chi connectivity index (χ4v) is 0.624. The van der Waals surface area contributed by atoms with Gasteiger partial charge < -0.3 is 10.4 Å². The van der Waals surface area contributed by atoms with Gasteiger partial charge in [-0.25, -0.2) is 0 Å². The van der Waals surface area contributed by atoms with Crippen molar-refractivity contribution in [3.8, 4) is 0 Å². The molecule has 1 amide bonds. The van der Waals surface area contributed by atoms with Crippen LogP contribution in [0.3, 0.4) is 0 Å². The van der Waals surface area contributed by atoms with Gasteiger partial charge in [0.2, 0.25) is 5.91 Å². The number of carbonyl (C=O) groups excluding carboxylic acids is 1. The molecule has 0 aliphatic rings. The molecule has 0 aromatic rings. The smallest absolute Gasteiger partial charge is 0.223 e. The van der Waals surface area contributed by atoms with Gasteiger partial charge in [-0.3, -0.25) is 4.79 Å². The molecular formula is C8H15NO2. The lowest BCUT2D eigenvalue weighted by molar-refractivity contribution is -0.120. The zero-order chi connectivity index (χ0) is 8.69. The van der Waals surface area contributed by atoms with Crippen molar-refractivity contribution >= 4 is 5.91 Å². The zero-order valence-electron chi connectivity index (χ0n) is 6.84. The van der Waals surface area contributed by atoms with E-state index in [2.05, 4.69) is 11.9 Å². The van der Waals surface area contributed by atoms with Crippen LogP contribution in [0.5, 0.6) is 0 Å². The standard InChI is InChI=1S/C8H15NO2/c1-3-4-8(11)9-6-5-7(2)10/h3,7,10H,1,4-6H2,2H3,(H,9,11). The van der Waals surface area contributed by atoms with Crippen LogP contribution in [0.4, 0.5) is 0 Å². The van der Waals surface area contributed by atoms with Crippen LogP contribution in [0.25, 0.3) is 0 Å². The molecule has 3 heteroatoms. The Hall–Kier alpha value is -0.830. The molecule has 0 radical (unpaired) electrons. The van der Waals surface area contributed by atoms with Crippen molar-refractivity contribution < 1.29 is 9.90 Å². The van der Waals surface area contributed by atoms with E-state index < -0.39 is 0 Å². The first kappa shape index (κ1) is 10.2. The highest BCUT2D eigenvalue weighted by Crippen LogP contribution is 1.86. The van der Waals surface area contributed by atoms with Gasteiger partial charge in [0.25, 0.3) is 0 Å². The number of amides is 1. The number of hydrogen-bond donors (Lipinski definition) is 2. The van der Waals surface area contributed by atoms with Crippen molar-refractivity contribution in [1.29, 1.82) is 0 Å². The van der Waals surface area contributed by atoms with Crippen LogP contribution in [0, 0.1) is 0 Å². The predicted molar refractivity (Wildman–Crippen MR) is 44.1 cm³/mol. The van der Waals surface area contributed by atoms with Crippen molar-refractivity contribution in [3.63, 3.8) is 0 Å². The molecule has 0 saturated carbocycles. The van der Waals surface area contributed by atoms with E-state index in [1.807, 2.05) is 0 Å². The summed E-state index contributed by atoms with van der Waals surface area (Å²) in [6.07, 6.45) is 2.15. The van der Waals surface area contributed by atoms with Crippen molar-refractivity contribution in [1.82, 2.24) is 5.32 Å². The van der Waals surface area contributed by atoms with E-state index in [1.54, 1.807) is 13.0 Å². The van der Waals surface area contributed by atoms with Gasteiger partial charge in [0.15, 0.2) is 0 Å². The second-order valence-electron chi connectivity index (χ2n) is 2.48. The fraction of sp³-hybridized carbons (Fsp3) is 0.625. The molecule has 0 aliphatic heterocycles. The van der Waals surface area contributed by atoms with Crippen LogP contribution in [-0.2, 0) is 4.79 Å². The highest BCUT2D eigenvalue weighted by atomic mass is 16.3. The summed E-state index contributed by atoms with van der Waals surface area (Å²) in [5.74, 6) is -0.0411. The second-order valence-corrected chi connectivity index (χ2v) is 2.48. The highest BCUT2D eigenvalue weighted by Gasteiger charge is 1.98. The summed E-state index contributed by atoms with van der Waals surface area (Å²) < 4.78 is 0. The molecule has 0 bridgehead atoms. The molecule has 0 saturated heterocycles. The molecule has 0 aliphatic carbocycles. The van der Waals surface area contributed by atoms with E-state index in [4.69, 9.17) is 5.11 Å². The maximum Gasteiger partial charge on any atom is 0.223 e. The van der Waals surface area contributed by atoms with Gasteiger partial charge in [0, 0.05) is 13.0 Å². The molecule has 0 spiro atoms. The molecule has 64 valence electrons. The number of rotatable bonds is 5. The third-order valence-electron chi connectivity index (χ3n) is 1.21. The second kappa shape index (κ2) is 5.92. The number of hydrogen-bond acceptors (Lipinski definition) is 2. The van der Waals surface area contributed by atoms with E-state index in [0.29, 0.717) is 19.4 Å². The lowest BCUT2D eigenvalue weighted by Gasteiger charge is -2.04. The maximum atomic E-state index is 10.8. The minimum Gasteiger partial charge on any atom is -0.393 e. The molecule has 3 nitrogen and oxygen atoms in total. The van der Waals surface area contributed by atoms with Gasteiger partial charge in [-0.2, -0.15) is 0 Å². The Morgan fingerprint density at radius 2 is 2.45 bits per heavy atom. The van der Waals surface area contributed by atoms with Gasteiger partial charge in [0.1, 0.15) is 0 Å². The molecular weight excluding hydrogens is 142 g/mol. The van der Waals surface area contributed by atoms with Gasteiger partial charge in [-0.15, -0.1) is 6.58 Å². The largest absolute Gasteiger partial charge is 0.393 e. The Bertz CT molecular complexity index is 132. The van der Waals surface area contributed by atoms with Crippen LogP contribution in [0.15, 0.2) is 12.7 Å². The molecule has 0 heterocycles. The summed E-state index contributed by atoms with van der Waals surface area (Å²) in [4.78, 5) is 10.8. The van der Waals surface area contributed by atoms with Crippen LogP contribution in [0.2, 0.25) is 0 Å². The molecule has 0 aromatic heterocycles. The number of nitrogens with one attached hydrogen (secondary N) is 1. The van der Waals surface area contributed by atoms with Crippen molar-refractivity contribution in [2.45, 2.75) is 25.9 Å². The Labute approximate surface area is 67.1 Å². The summed E-state index contributed by atoms with van der Waals surface area (Å²) in [5, 5.41) is 11.5. The lowest BCUT2D eigenvalue weighted by atomic mass is 10.3. The molecule has 0 fully saturated rings. The summed E-state index contributed by atoms with van der Waals surface area (Å²) in [7, 11) is 0. The Kier molecular flexibility index (Phi) is 5.47. The van der Waals surface area contributed by atoms with Gasteiger partial charge >= 0.3 is 0 Å². The van der Waals surface area contributed by atoms with E-state index in [9.17, 15) is 4.79 Å². The van der Waals surface area contributed by atoms with Gasteiger partial charge in [-0.1, -0.05) is 6.08 Å².